The van der Waals surface area contributed by atoms with Gasteiger partial charge in [-0.25, -0.2) is 9.97 Å². The molecule has 578 valence electrons. The zero-order chi connectivity index (χ0) is 78.4. The lowest BCUT2D eigenvalue weighted by Gasteiger charge is -2.33. The third-order valence-corrected chi connectivity index (χ3v) is 20.3. The number of hydrogen-bond donors (Lipinski definition) is 10. The fourth-order valence-electron chi connectivity index (χ4n) is 15.2. The largest absolute Gasteiger partial charge is 0.480 e. The summed E-state index contributed by atoms with van der Waals surface area (Å²) in [6.07, 6.45) is 8.10. The average Bonchev–Trinajstić information content (AvgIpc) is 1.62. The number of benzene rings is 4. The molecule has 8 bridgehead atoms. The van der Waals surface area contributed by atoms with Crippen molar-refractivity contribution in [1.29, 1.82) is 0 Å². The quantitative estimate of drug-likeness (QED) is 0.0372. The third kappa shape index (κ3) is 20.4. The number of hydrogen-bond acceptors (Lipinski definition) is 18. The van der Waals surface area contributed by atoms with Crippen LogP contribution in [-0.4, -0.2) is 294 Å². The monoisotopic (exact) mass is 1500 g/mol. The maximum Gasteiger partial charge on any atom is 0.317 e. The first-order valence-corrected chi connectivity index (χ1v) is 36.9. The molecule has 110 heavy (non-hydrogen) atoms. The second kappa shape index (κ2) is 36.4. The van der Waals surface area contributed by atoms with Crippen LogP contribution in [-0.2, 0) is 38.4 Å². The number of carboxylic acid groups (broad SMARTS) is 4. The van der Waals surface area contributed by atoms with Gasteiger partial charge in [0.15, 0.2) is 0 Å². The van der Waals surface area contributed by atoms with Crippen LogP contribution in [0.4, 0.5) is 11.4 Å². The fourth-order valence-corrected chi connectivity index (χ4v) is 15.2. The number of anilines is 2. The van der Waals surface area contributed by atoms with E-state index in [1.807, 2.05) is 94.8 Å². The van der Waals surface area contributed by atoms with Gasteiger partial charge in [-0.1, -0.05) is 59.7 Å². The van der Waals surface area contributed by atoms with Crippen molar-refractivity contribution < 1.29 is 69.0 Å². The summed E-state index contributed by atoms with van der Waals surface area (Å²) < 4.78 is 0. The fraction of sp³-hybridized carbons (Fsp3) is 0.366. The maximum atomic E-state index is 14.2. The molecule has 0 saturated carbocycles. The number of fused-ring (bicyclic) bond motifs is 8. The Labute approximate surface area is 637 Å². The molecule has 4 aliphatic rings. The van der Waals surface area contributed by atoms with Crippen molar-refractivity contribution in [2.45, 2.75) is 41.5 Å². The highest BCUT2D eigenvalue weighted by Gasteiger charge is 2.28. The molecule has 28 nitrogen and oxygen atoms in total. The Balaban J connectivity index is 0.966. The first-order chi connectivity index (χ1) is 52.8. The van der Waals surface area contributed by atoms with Gasteiger partial charge in [-0.2, -0.15) is 0 Å². The van der Waals surface area contributed by atoms with Crippen LogP contribution < -0.4 is 10.6 Å². The van der Waals surface area contributed by atoms with Gasteiger partial charge in [0.05, 0.1) is 62.0 Å². The summed E-state index contributed by atoms with van der Waals surface area (Å²) in [4.78, 5) is 134. The van der Waals surface area contributed by atoms with Gasteiger partial charge in [0, 0.05) is 160 Å². The normalized spacial score (nSPS) is 15.8. The Morgan fingerprint density at radius 3 is 0.845 bits per heavy atom. The van der Waals surface area contributed by atoms with Gasteiger partial charge < -0.3 is 61.0 Å². The summed E-state index contributed by atoms with van der Waals surface area (Å²) in [7, 11) is 0. The number of rotatable bonds is 20. The molecule has 0 radical (unpaired) electrons. The molecule has 0 unspecified atom stereocenters. The van der Waals surface area contributed by atoms with Crippen LogP contribution in [0.2, 0.25) is 0 Å². The first-order valence-electron chi connectivity index (χ1n) is 36.9. The van der Waals surface area contributed by atoms with Gasteiger partial charge in [-0.3, -0.25) is 67.8 Å². The summed E-state index contributed by atoms with van der Waals surface area (Å²) in [5, 5.41) is 64.8. The standard InChI is InChI=1S/C82H96N14O14/c1-51-39-53(3)77(54(4)40-51)81-65-19-15-61(85-65)79(57-7-11-59(12-8-57)83-69(99)43-89-23-25-91(45-73(103)104)27-29-93(47-75(107)108)33-37-95(35-31-89)71(101)49-97)63-17-21-67(87-63)82(78-55(5)41-52(2)42-56(78)6)68-22-18-64(88-68)80(62-16-20-66(81)86-62)58-9-13-60(14-10-58)84-70(100)44-90-24-26-92(46-74(105)106)28-30-94(48-76(109)110)34-38-96(36-32-90)72(102)50-98/h7-22,39-42,85,88,97-98H,23-38,43-50H2,1-6H3,(H,83,99)(H,84,100)(H,103,104)(H,105,106)(H,107,108)(H,109,110). The number of aliphatic hydroxyl groups is 2. The summed E-state index contributed by atoms with van der Waals surface area (Å²) in [6.45, 7) is 12.7. The highest BCUT2D eigenvalue weighted by atomic mass is 16.4. The summed E-state index contributed by atoms with van der Waals surface area (Å²) in [6, 6.07) is 31.9. The predicted octanol–water partition coefficient (Wildman–Crippen LogP) is 6.87. The number of aromatic amines is 2. The first kappa shape index (κ1) is 79.9. The number of nitrogens with one attached hydrogen (secondary N) is 4. The average molecular weight is 1500 g/mol. The topological polar surface area (TPSA) is 365 Å². The van der Waals surface area contributed by atoms with Gasteiger partial charge in [0.25, 0.3) is 0 Å². The van der Waals surface area contributed by atoms with Crippen LogP contribution in [0.3, 0.4) is 0 Å². The van der Waals surface area contributed by atoms with E-state index in [9.17, 15) is 69.0 Å². The van der Waals surface area contributed by atoms with Crippen molar-refractivity contribution in [3.63, 3.8) is 0 Å². The number of carbonyl (C=O) groups is 8. The number of H-pyrrole nitrogens is 2. The number of carbonyl (C=O) groups excluding carboxylic acids is 4. The minimum absolute atomic E-state index is 0.113. The minimum Gasteiger partial charge on any atom is -0.480 e. The molecule has 7 aromatic rings. The van der Waals surface area contributed by atoms with E-state index < -0.39 is 48.9 Å². The Morgan fingerprint density at radius 1 is 0.336 bits per heavy atom. The van der Waals surface area contributed by atoms with E-state index in [1.54, 1.807) is 19.6 Å². The van der Waals surface area contributed by atoms with Crippen LogP contribution in [0.5, 0.6) is 0 Å². The lowest BCUT2D eigenvalue weighted by Crippen LogP contribution is -2.50. The van der Waals surface area contributed by atoms with Crippen molar-refractivity contribution in [1.82, 2.24) is 59.1 Å². The second-order valence-electron chi connectivity index (χ2n) is 28.6. The maximum absolute atomic E-state index is 14.2. The molecule has 4 aliphatic heterocycles. The highest BCUT2D eigenvalue weighted by Crippen LogP contribution is 2.42. The Bertz CT molecular complexity index is 4530. The number of nitrogens with zero attached hydrogens (tertiary/aromatic N) is 10. The second-order valence-corrected chi connectivity index (χ2v) is 28.6. The Hall–Kier alpha value is -11.1. The van der Waals surface area contributed by atoms with Gasteiger partial charge in [0.1, 0.15) is 13.2 Å². The number of carboxylic acids is 4. The summed E-state index contributed by atoms with van der Waals surface area (Å²) >= 11 is 0. The number of aryl methyl sites for hydroxylation is 6. The number of aromatic nitrogens is 4. The van der Waals surface area contributed by atoms with Crippen LogP contribution >= 0.6 is 0 Å². The van der Waals surface area contributed by atoms with Crippen molar-refractivity contribution in [2.24, 2.45) is 0 Å². The lowest BCUT2D eigenvalue weighted by atomic mass is 9.92. The molecule has 2 saturated heterocycles. The van der Waals surface area contributed by atoms with E-state index in [0.29, 0.717) is 34.2 Å². The Kier molecular flexibility index (Phi) is 26.5. The molecule has 28 heteroatoms. The van der Waals surface area contributed by atoms with Crippen molar-refractivity contribution >= 4 is 105 Å². The lowest BCUT2D eigenvalue weighted by molar-refractivity contribution is -0.140. The molecule has 3 aromatic heterocycles. The van der Waals surface area contributed by atoms with Crippen LogP contribution in [0, 0.1) is 41.5 Å². The third-order valence-electron chi connectivity index (χ3n) is 20.3. The van der Waals surface area contributed by atoms with Crippen molar-refractivity contribution in [3.8, 4) is 44.5 Å². The van der Waals surface area contributed by atoms with E-state index in [4.69, 9.17) is 9.97 Å². The van der Waals surface area contributed by atoms with E-state index in [2.05, 4.69) is 98.5 Å². The van der Waals surface area contributed by atoms with Gasteiger partial charge in [-0.05, 0) is 159 Å². The van der Waals surface area contributed by atoms with Gasteiger partial charge >= 0.3 is 23.9 Å². The molecule has 10 N–H and O–H groups in total. The summed E-state index contributed by atoms with van der Waals surface area (Å²) in [5.41, 5.74) is 19.9. The molecule has 0 aliphatic carbocycles. The molecule has 11 rings (SSSR count). The van der Waals surface area contributed by atoms with Crippen molar-refractivity contribution in [3.05, 3.63) is 153 Å². The molecule has 0 spiro atoms. The molecular weight excluding hydrogens is 1400 g/mol. The summed E-state index contributed by atoms with van der Waals surface area (Å²) in [5.74, 6) is -6.04. The smallest absolute Gasteiger partial charge is 0.317 e. The van der Waals surface area contributed by atoms with Crippen LogP contribution in [0.25, 0.3) is 90.9 Å². The minimum atomic E-state index is -1.07. The van der Waals surface area contributed by atoms with E-state index >= 15 is 0 Å². The molecule has 2 fully saturated rings. The van der Waals surface area contributed by atoms with E-state index in [-0.39, 0.29) is 156 Å². The molecule has 4 aromatic carbocycles. The zero-order valence-electron chi connectivity index (χ0n) is 62.9. The van der Waals surface area contributed by atoms with E-state index in [1.165, 1.54) is 9.80 Å². The number of aliphatic hydroxyl groups excluding tert-OH is 2. The molecule has 0 atom stereocenters. The van der Waals surface area contributed by atoms with E-state index in [0.717, 1.165) is 100.0 Å². The molecule has 7 heterocycles. The Morgan fingerprint density at radius 2 is 0.582 bits per heavy atom. The predicted molar refractivity (Wildman–Crippen MR) is 423 cm³/mol. The highest BCUT2D eigenvalue weighted by molar-refractivity contribution is 6.02. The number of amides is 4. The van der Waals surface area contributed by atoms with Crippen molar-refractivity contribution in [2.75, 3.05) is 168 Å². The SMILES string of the molecule is Cc1cc(C)c(-c2c3nc(c(-c4ccc(NC(=O)CN5CCN(CC(=O)O)CCN(CC(=O)O)CCN(C(=O)CO)CC5)cc4)c4ccc([nH]4)c(-c4c(C)cc(C)cc4C)c4nc(c(-c5ccc(NC(=O)CN6CCN(CC(=O)O)CCN(CC(=O)O)CCN(C(=O)CO)CC6)cc5)c5ccc2[nH]5)C=C4)C=C3)c(C)c1. The molecule has 4 amide bonds. The van der Waals surface area contributed by atoms with Gasteiger partial charge in [0.2, 0.25) is 23.6 Å². The number of aliphatic carboxylic acids is 4. The van der Waals surface area contributed by atoms with Crippen LogP contribution in [0.1, 0.15) is 56.2 Å². The van der Waals surface area contributed by atoms with Gasteiger partial charge in [-0.15, -0.1) is 0 Å². The van der Waals surface area contributed by atoms with Crippen LogP contribution in [0.15, 0.2) is 97.1 Å². The zero-order valence-corrected chi connectivity index (χ0v) is 62.9. The molecular formula is C82H96N14O14.